The molecule has 0 saturated carbocycles. The Balaban J connectivity index is 1.95. The lowest BCUT2D eigenvalue weighted by molar-refractivity contribution is 0.578. The third kappa shape index (κ3) is 4.28. The molecular formula is C13H17ClN4O2S. The summed E-state index contributed by atoms with van der Waals surface area (Å²) in [6.07, 6.45) is 4.75. The molecule has 0 atom stereocenters. The third-order valence-electron chi connectivity index (χ3n) is 2.98. The highest BCUT2D eigenvalue weighted by Crippen LogP contribution is 2.19. The molecule has 114 valence electrons. The van der Waals surface area contributed by atoms with Crippen molar-refractivity contribution in [2.45, 2.75) is 24.3 Å². The predicted octanol–water partition coefficient (Wildman–Crippen LogP) is 1.43. The van der Waals surface area contributed by atoms with E-state index in [2.05, 4.69) is 14.7 Å². The Morgan fingerprint density at radius 2 is 2.19 bits per heavy atom. The van der Waals surface area contributed by atoms with Gasteiger partial charge in [0.25, 0.3) is 0 Å². The summed E-state index contributed by atoms with van der Waals surface area (Å²) in [5.41, 5.74) is 6.14. The van der Waals surface area contributed by atoms with Crippen molar-refractivity contribution in [2.75, 3.05) is 6.54 Å². The summed E-state index contributed by atoms with van der Waals surface area (Å²) in [6, 6.07) is 4.51. The molecule has 1 aromatic heterocycles. The minimum Gasteiger partial charge on any atom is -0.349 e. The summed E-state index contributed by atoms with van der Waals surface area (Å²) >= 11 is 5.92. The maximum atomic E-state index is 12.2. The van der Waals surface area contributed by atoms with Gasteiger partial charge in [0, 0.05) is 36.9 Å². The number of hydrogen-bond acceptors (Lipinski definition) is 4. The van der Waals surface area contributed by atoms with Crippen molar-refractivity contribution < 1.29 is 8.42 Å². The molecule has 0 spiro atoms. The van der Waals surface area contributed by atoms with Gasteiger partial charge in [-0.15, -0.1) is 0 Å². The van der Waals surface area contributed by atoms with Crippen LogP contribution in [0.2, 0.25) is 5.02 Å². The molecule has 0 fully saturated rings. The number of sulfonamides is 1. The smallest absolute Gasteiger partial charge is 0.240 e. The molecule has 0 amide bonds. The number of rotatable bonds is 7. The molecule has 0 bridgehead atoms. The average molecular weight is 329 g/mol. The number of benzene rings is 1. The predicted molar refractivity (Wildman–Crippen MR) is 81.4 cm³/mol. The van der Waals surface area contributed by atoms with Gasteiger partial charge in [-0.3, -0.25) is 0 Å². The molecule has 21 heavy (non-hydrogen) atoms. The summed E-state index contributed by atoms with van der Waals surface area (Å²) < 4.78 is 26.9. The Hall–Kier alpha value is -1.41. The van der Waals surface area contributed by atoms with Crippen LogP contribution in [0.25, 0.3) is 0 Å². The zero-order valence-electron chi connectivity index (χ0n) is 11.3. The van der Waals surface area contributed by atoms with Crippen LogP contribution >= 0.6 is 11.6 Å². The molecular weight excluding hydrogens is 312 g/mol. The van der Waals surface area contributed by atoms with Crippen LogP contribution in [0.3, 0.4) is 0 Å². The molecule has 0 aliphatic heterocycles. The van der Waals surface area contributed by atoms with E-state index in [1.165, 1.54) is 12.1 Å². The van der Waals surface area contributed by atoms with E-state index in [-0.39, 0.29) is 11.4 Å². The molecule has 6 nitrogen and oxygen atoms in total. The number of aryl methyl sites for hydroxylation is 1. The standard InChI is InChI=1S/C13H17ClN4O2S/c14-12-4-3-11(8-10(12)9-15)21(19,20)18-5-1-2-13-16-6-7-17-13/h3-4,6-8,18H,1-2,5,9,15H2,(H,16,17). The summed E-state index contributed by atoms with van der Waals surface area (Å²) in [5.74, 6) is 0.839. The second-order valence-electron chi connectivity index (χ2n) is 4.49. The van der Waals surface area contributed by atoms with E-state index >= 15 is 0 Å². The fraction of sp³-hybridized carbons (Fsp3) is 0.308. The Bertz CT molecular complexity index is 686. The molecule has 0 saturated heterocycles. The minimum atomic E-state index is -3.55. The number of halogens is 1. The zero-order valence-corrected chi connectivity index (χ0v) is 12.9. The van der Waals surface area contributed by atoms with Crippen molar-refractivity contribution in [1.29, 1.82) is 0 Å². The first kappa shape index (κ1) is 16.0. The Kier molecular flexibility index (Phi) is 5.35. The molecule has 4 N–H and O–H groups in total. The van der Waals surface area contributed by atoms with Gasteiger partial charge in [0.2, 0.25) is 10.0 Å². The molecule has 8 heteroatoms. The van der Waals surface area contributed by atoms with Crippen LogP contribution in [0.15, 0.2) is 35.5 Å². The van der Waals surface area contributed by atoms with Crippen LogP contribution in [0.5, 0.6) is 0 Å². The Labute approximate surface area is 128 Å². The fourth-order valence-corrected chi connectivity index (χ4v) is 3.17. The van der Waals surface area contributed by atoms with E-state index in [1.54, 1.807) is 18.5 Å². The molecule has 2 aromatic rings. The molecule has 2 rings (SSSR count). The maximum absolute atomic E-state index is 12.2. The van der Waals surface area contributed by atoms with Crippen LogP contribution in [-0.4, -0.2) is 24.9 Å². The quantitative estimate of drug-likeness (QED) is 0.669. The van der Waals surface area contributed by atoms with Gasteiger partial charge in [-0.05, 0) is 30.2 Å². The first-order valence-corrected chi connectivity index (χ1v) is 8.35. The van der Waals surface area contributed by atoms with E-state index in [4.69, 9.17) is 17.3 Å². The maximum Gasteiger partial charge on any atom is 0.240 e. The van der Waals surface area contributed by atoms with E-state index in [0.717, 1.165) is 5.82 Å². The van der Waals surface area contributed by atoms with Gasteiger partial charge < -0.3 is 10.7 Å². The number of aromatic nitrogens is 2. The van der Waals surface area contributed by atoms with Gasteiger partial charge in [0.05, 0.1) is 4.90 Å². The SMILES string of the molecule is NCc1cc(S(=O)(=O)NCCCc2ncc[nH]2)ccc1Cl. The highest BCUT2D eigenvalue weighted by Gasteiger charge is 2.14. The largest absolute Gasteiger partial charge is 0.349 e. The molecule has 1 heterocycles. The zero-order chi connectivity index (χ0) is 15.3. The van der Waals surface area contributed by atoms with Gasteiger partial charge in [0.1, 0.15) is 5.82 Å². The lowest BCUT2D eigenvalue weighted by Crippen LogP contribution is -2.25. The van der Waals surface area contributed by atoms with Crippen LogP contribution in [-0.2, 0) is 23.0 Å². The number of aromatic amines is 1. The van der Waals surface area contributed by atoms with Gasteiger partial charge >= 0.3 is 0 Å². The van der Waals surface area contributed by atoms with Crippen LogP contribution in [0, 0.1) is 0 Å². The first-order valence-electron chi connectivity index (χ1n) is 6.49. The van der Waals surface area contributed by atoms with Crippen molar-refractivity contribution in [1.82, 2.24) is 14.7 Å². The van der Waals surface area contributed by atoms with Gasteiger partial charge in [-0.1, -0.05) is 11.6 Å². The first-order chi connectivity index (χ1) is 10.0. The summed E-state index contributed by atoms with van der Waals surface area (Å²) in [7, 11) is -3.55. The van der Waals surface area contributed by atoms with Crippen molar-refractivity contribution in [3.63, 3.8) is 0 Å². The molecule has 1 aromatic carbocycles. The normalized spacial score (nSPS) is 11.7. The topological polar surface area (TPSA) is 101 Å². The summed E-state index contributed by atoms with van der Waals surface area (Å²) in [4.78, 5) is 7.22. The number of hydrogen-bond donors (Lipinski definition) is 3. The number of nitrogens with zero attached hydrogens (tertiary/aromatic N) is 1. The Morgan fingerprint density at radius 3 is 2.86 bits per heavy atom. The number of nitrogens with two attached hydrogens (primary N) is 1. The van der Waals surface area contributed by atoms with Gasteiger partial charge in [-0.25, -0.2) is 18.1 Å². The summed E-state index contributed by atoms with van der Waals surface area (Å²) in [6.45, 7) is 0.532. The molecule has 0 unspecified atom stereocenters. The molecule has 0 radical (unpaired) electrons. The average Bonchev–Trinajstić information content (AvgIpc) is 2.97. The van der Waals surface area contributed by atoms with E-state index in [9.17, 15) is 8.42 Å². The van der Waals surface area contributed by atoms with Crippen molar-refractivity contribution >= 4 is 21.6 Å². The molecule has 0 aliphatic rings. The highest BCUT2D eigenvalue weighted by atomic mass is 35.5. The second-order valence-corrected chi connectivity index (χ2v) is 6.67. The monoisotopic (exact) mass is 328 g/mol. The van der Waals surface area contributed by atoms with E-state index in [1.807, 2.05) is 0 Å². The van der Waals surface area contributed by atoms with Crippen molar-refractivity contribution in [3.05, 3.63) is 47.0 Å². The van der Waals surface area contributed by atoms with Crippen molar-refractivity contribution in [3.8, 4) is 0 Å². The molecule has 0 aliphatic carbocycles. The van der Waals surface area contributed by atoms with Crippen molar-refractivity contribution in [2.24, 2.45) is 5.73 Å². The third-order valence-corrected chi connectivity index (χ3v) is 4.81. The minimum absolute atomic E-state index is 0.172. The Morgan fingerprint density at radius 1 is 1.38 bits per heavy atom. The second kappa shape index (κ2) is 7.04. The van der Waals surface area contributed by atoms with Gasteiger partial charge in [0.15, 0.2) is 0 Å². The van der Waals surface area contributed by atoms with E-state index < -0.39 is 10.0 Å². The number of nitrogens with one attached hydrogen (secondary N) is 2. The lowest BCUT2D eigenvalue weighted by Gasteiger charge is -2.08. The highest BCUT2D eigenvalue weighted by molar-refractivity contribution is 7.89. The number of H-pyrrole nitrogens is 1. The fourth-order valence-electron chi connectivity index (χ4n) is 1.86. The number of imidazole rings is 1. The van der Waals surface area contributed by atoms with E-state index in [0.29, 0.717) is 30.0 Å². The van der Waals surface area contributed by atoms with Crippen LogP contribution in [0.4, 0.5) is 0 Å². The van der Waals surface area contributed by atoms with Crippen LogP contribution < -0.4 is 10.5 Å². The lowest BCUT2D eigenvalue weighted by atomic mass is 10.2. The van der Waals surface area contributed by atoms with Crippen LogP contribution in [0.1, 0.15) is 17.8 Å². The van der Waals surface area contributed by atoms with Gasteiger partial charge in [-0.2, -0.15) is 0 Å². The summed E-state index contributed by atoms with van der Waals surface area (Å²) in [5, 5.41) is 0.467.